The van der Waals surface area contributed by atoms with Crippen molar-refractivity contribution in [3.63, 3.8) is 0 Å². The van der Waals surface area contributed by atoms with Gasteiger partial charge < -0.3 is 20.3 Å². The molecule has 3 aromatic carbocycles. The summed E-state index contributed by atoms with van der Waals surface area (Å²) in [5.41, 5.74) is 3.91. The van der Waals surface area contributed by atoms with Crippen molar-refractivity contribution in [3.8, 4) is 6.07 Å². The van der Waals surface area contributed by atoms with Crippen molar-refractivity contribution in [1.82, 2.24) is 10.2 Å². The number of nitriles is 1. The summed E-state index contributed by atoms with van der Waals surface area (Å²) in [7, 11) is 0. The molecule has 0 bridgehead atoms. The third-order valence-electron chi connectivity index (χ3n) is 6.48. The van der Waals surface area contributed by atoms with E-state index in [-0.39, 0.29) is 13.0 Å². The number of para-hydroxylation sites is 1. The fourth-order valence-electron chi connectivity index (χ4n) is 4.50. The number of carbonyl (C=O) groups excluding carboxylic acids is 3. The second kappa shape index (κ2) is 13.6. The Hall–Kier alpha value is -4.64. The third kappa shape index (κ3) is 8.67. The molecule has 8 nitrogen and oxygen atoms in total. The average Bonchev–Trinajstić information content (AvgIpc) is 2.90. The smallest absolute Gasteiger partial charge is 0.408 e. The first-order valence-electron chi connectivity index (χ1n) is 13.5. The topological polar surface area (TPSA) is 112 Å². The van der Waals surface area contributed by atoms with Crippen LogP contribution in [0.3, 0.4) is 0 Å². The number of hydrogen-bond donors (Lipinski definition) is 2. The SMILES string of the molecule is Cc1ccc(C(C(=O)Nc2c(C)cccc2C)N(CC#N)C(=O)C(Cc2ccccc2)NC(=O)OC(C)(C)C)cc1. The first kappa shape index (κ1) is 30.9. The lowest BCUT2D eigenvalue weighted by molar-refractivity contribution is -0.140. The number of amides is 3. The van der Waals surface area contributed by atoms with Crippen molar-refractivity contribution in [1.29, 1.82) is 5.26 Å². The number of aryl methyl sites for hydroxylation is 3. The zero-order valence-electron chi connectivity index (χ0n) is 24.5. The monoisotopic (exact) mass is 554 g/mol. The van der Waals surface area contributed by atoms with Gasteiger partial charge in [0.15, 0.2) is 0 Å². The van der Waals surface area contributed by atoms with Gasteiger partial charge in [0.25, 0.3) is 5.91 Å². The Kier molecular flexibility index (Phi) is 10.3. The first-order chi connectivity index (χ1) is 19.4. The highest BCUT2D eigenvalue weighted by Gasteiger charge is 2.36. The fraction of sp³-hybridized carbons (Fsp3) is 0.333. The molecule has 0 aliphatic rings. The number of nitrogens with zero attached hydrogens (tertiary/aromatic N) is 2. The molecule has 0 heterocycles. The number of rotatable bonds is 9. The molecule has 0 radical (unpaired) electrons. The highest BCUT2D eigenvalue weighted by atomic mass is 16.6. The first-order valence-corrected chi connectivity index (χ1v) is 13.5. The predicted molar refractivity (Wildman–Crippen MR) is 159 cm³/mol. The molecule has 214 valence electrons. The summed E-state index contributed by atoms with van der Waals surface area (Å²) in [5.74, 6) is -1.05. The maximum absolute atomic E-state index is 14.2. The third-order valence-corrected chi connectivity index (χ3v) is 6.48. The Morgan fingerprint density at radius 1 is 0.902 bits per heavy atom. The maximum Gasteiger partial charge on any atom is 0.408 e. The summed E-state index contributed by atoms with van der Waals surface area (Å²) in [4.78, 5) is 42.3. The normalized spacial score (nSPS) is 12.4. The molecule has 2 N–H and O–H groups in total. The van der Waals surface area contributed by atoms with Gasteiger partial charge >= 0.3 is 6.09 Å². The molecule has 0 aliphatic carbocycles. The van der Waals surface area contributed by atoms with Gasteiger partial charge in [-0.05, 0) is 63.8 Å². The van der Waals surface area contributed by atoms with E-state index in [0.717, 1.165) is 22.3 Å². The van der Waals surface area contributed by atoms with Crippen molar-refractivity contribution in [2.24, 2.45) is 0 Å². The zero-order chi connectivity index (χ0) is 30.2. The Balaban J connectivity index is 2.06. The molecule has 3 amide bonds. The van der Waals surface area contributed by atoms with Gasteiger partial charge in [-0.15, -0.1) is 0 Å². The molecule has 8 heteroatoms. The summed E-state index contributed by atoms with van der Waals surface area (Å²) < 4.78 is 5.44. The van der Waals surface area contributed by atoms with Crippen LogP contribution in [0.4, 0.5) is 10.5 Å². The molecule has 0 saturated heterocycles. The zero-order valence-corrected chi connectivity index (χ0v) is 24.5. The molecular formula is C33H38N4O4. The van der Waals surface area contributed by atoms with Crippen LogP contribution < -0.4 is 10.6 Å². The summed E-state index contributed by atoms with van der Waals surface area (Å²) in [5, 5.41) is 15.5. The van der Waals surface area contributed by atoms with E-state index in [1.165, 1.54) is 4.90 Å². The molecule has 0 aromatic heterocycles. The van der Waals surface area contributed by atoms with Crippen LogP contribution in [0.25, 0.3) is 0 Å². The largest absolute Gasteiger partial charge is 0.444 e. The van der Waals surface area contributed by atoms with Crippen LogP contribution in [-0.4, -0.2) is 41.0 Å². The van der Waals surface area contributed by atoms with Gasteiger partial charge in [-0.3, -0.25) is 9.59 Å². The lowest BCUT2D eigenvalue weighted by atomic mass is 9.99. The van der Waals surface area contributed by atoms with Crippen molar-refractivity contribution in [3.05, 3.63) is 101 Å². The van der Waals surface area contributed by atoms with Crippen molar-refractivity contribution in [2.75, 3.05) is 11.9 Å². The van der Waals surface area contributed by atoms with E-state index in [1.807, 2.05) is 87.5 Å². The average molecular weight is 555 g/mol. The van der Waals surface area contributed by atoms with Gasteiger partial charge in [0.1, 0.15) is 24.2 Å². The highest BCUT2D eigenvalue weighted by Crippen LogP contribution is 2.27. The maximum atomic E-state index is 14.2. The fourth-order valence-corrected chi connectivity index (χ4v) is 4.50. The summed E-state index contributed by atoms with van der Waals surface area (Å²) in [6.45, 7) is 10.5. The number of ether oxygens (including phenoxy) is 1. The Morgan fingerprint density at radius 3 is 2.07 bits per heavy atom. The van der Waals surface area contributed by atoms with Crippen LogP contribution in [0.5, 0.6) is 0 Å². The quantitative estimate of drug-likeness (QED) is 0.326. The predicted octanol–water partition coefficient (Wildman–Crippen LogP) is 5.78. The van der Waals surface area contributed by atoms with Gasteiger partial charge in [-0.25, -0.2) is 4.79 Å². The van der Waals surface area contributed by atoms with E-state index in [1.54, 1.807) is 32.9 Å². The van der Waals surface area contributed by atoms with Crippen molar-refractivity contribution >= 4 is 23.6 Å². The number of nitrogens with one attached hydrogen (secondary N) is 2. The second-order valence-electron chi connectivity index (χ2n) is 11.1. The number of hydrogen-bond acceptors (Lipinski definition) is 5. The van der Waals surface area contributed by atoms with Gasteiger partial charge in [0.05, 0.1) is 6.07 Å². The second-order valence-corrected chi connectivity index (χ2v) is 11.1. The molecule has 0 fully saturated rings. The van der Waals surface area contributed by atoms with Gasteiger partial charge in [-0.1, -0.05) is 78.4 Å². The van der Waals surface area contributed by atoms with Gasteiger partial charge in [0, 0.05) is 12.1 Å². The van der Waals surface area contributed by atoms with E-state index in [4.69, 9.17) is 4.74 Å². The van der Waals surface area contributed by atoms with Crippen LogP contribution in [0, 0.1) is 32.1 Å². The molecule has 3 aromatic rings. The summed E-state index contributed by atoms with van der Waals surface area (Å²) in [6, 6.07) is 22.0. The van der Waals surface area contributed by atoms with E-state index in [2.05, 4.69) is 10.6 Å². The summed E-state index contributed by atoms with van der Waals surface area (Å²) >= 11 is 0. The van der Waals surface area contributed by atoms with Crippen molar-refractivity contribution < 1.29 is 19.1 Å². The van der Waals surface area contributed by atoms with Crippen LogP contribution >= 0.6 is 0 Å². The molecule has 0 saturated carbocycles. The number of alkyl carbamates (subject to hydrolysis) is 1. The van der Waals surface area contributed by atoms with E-state index < -0.39 is 35.6 Å². The number of anilines is 1. The van der Waals surface area contributed by atoms with Gasteiger partial charge in [0.2, 0.25) is 5.91 Å². The lowest BCUT2D eigenvalue weighted by Gasteiger charge is -2.33. The molecule has 0 spiro atoms. The molecular weight excluding hydrogens is 516 g/mol. The number of benzene rings is 3. The van der Waals surface area contributed by atoms with E-state index in [0.29, 0.717) is 11.3 Å². The number of carbonyl (C=O) groups is 3. The molecule has 2 atom stereocenters. The Labute approximate surface area is 242 Å². The summed E-state index contributed by atoms with van der Waals surface area (Å²) in [6.07, 6.45) is -0.629. The molecule has 3 rings (SSSR count). The molecule has 0 aliphatic heterocycles. The Bertz CT molecular complexity index is 1390. The van der Waals surface area contributed by atoms with Crippen LogP contribution in [0.2, 0.25) is 0 Å². The van der Waals surface area contributed by atoms with Crippen LogP contribution in [0.15, 0.2) is 72.8 Å². The van der Waals surface area contributed by atoms with Crippen molar-refractivity contribution in [2.45, 2.75) is 65.6 Å². The van der Waals surface area contributed by atoms with Gasteiger partial charge in [-0.2, -0.15) is 5.26 Å². The van der Waals surface area contributed by atoms with Crippen LogP contribution in [-0.2, 0) is 20.7 Å². The minimum Gasteiger partial charge on any atom is -0.444 e. The van der Waals surface area contributed by atoms with Crippen LogP contribution in [0.1, 0.15) is 54.6 Å². The minimum atomic E-state index is -1.14. The molecule has 2 unspecified atom stereocenters. The molecule has 41 heavy (non-hydrogen) atoms. The highest BCUT2D eigenvalue weighted by molar-refractivity contribution is 6.00. The minimum absolute atomic E-state index is 0.139. The van der Waals surface area contributed by atoms with E-state index >= 15 is 0 Å². The van der Waals surface area contributed by atoms with E-state index in [9.17, 15) is 19.6 Å². The lowest BCUT2D eigenvalue weighted by Crippen LogP contribution is -2.53. The Morgan fingerprint density at radius 2 is 1.51 bits per heavy atom. The standard InChI is InChI=1S/C33H38N4O4/c1-22-15-17-26(18-16-22)29(30(38)36-28-23(2)11-10-12-24(28)3)37(20-19-34)31(39)27(21-25-13-8-7-9-14-25)35-32(40)41-33(4,5)6/h7-18,27,29H,20-21H2,1-6H3,(H,35,40)(H,36,38).